The Bertz CT molecular complexity index is 116. The van der Waals surface area contributed by atoms with Gasteiger partial charge in [0.15, 0.2) is 0 Å². The Labute approximate surface area is 74.4 Å². The van der Waals surface area contributed by atoms with E-state index in [2.05, 4.69) is 0 Å². The normalized spacial score (nSPS) is 18.8. The highest BCUT2D eigenvalue weighted by Crippen LogP contribution is 2.25. The van der Waals surface area contributed by atoms with Gasteiger partial charge in [0.1, 0.15) is 0 Å². The van der Waals surface area contributed by atoms with Gasteiger partial charge in [0.2, 0.25) is 0 Å². The van der Waals surface area contributed by atoms with E-state index in [0.29, 0.717) is 6.61 Å². The molecular formula is C9H20O3. The van der Waals surface area contributed by atoms with E-state index in [-0.39, 0.29) is 24.5 Å². The van der Waals surface area contributed by atoms with Gasteiger partial charge in [0, 0.05) is 19.1 Å². The molecule has 0 aliphatic carbocycles. The first-order chi connectivity index (χ1) is 5.58. The highest BCUT2D eigenvalue weighted by Gasteiger charge is 2.25. The second-order valence-corrected chi connectivity index (χ2v) is 3.89. The Kier molecular flexibility index (Phi) is 5.46. The van der Waals surface area contributed by atoms with Gasteiger partial charge in [-0.2, -0.15) is 0 Å². The Morgan fingerprint density at radius 2 is 2.00 bits per heavy atom. The molecule has 0 unspecified atom stereocenters. The van der Waals surface area contributed by atoms with Crippen LogP contribution in [0.15, 0.2) is 0 Å². The van der Waals surface area contributed by atoms with Crippen LogP contribution in [0.2, 0.25) is 0 Å². The molecule has 74 valence electrons. The average Bonchev–Trinajstić information content (AvgIpc) is 2.05. The molecule has 3 heteroatoms. The summed E-state index contributed by atoms with van der Waals surface area (Å²) in [5.41, 5.74) is -0.211. The van der Waals surface area contributed by atoms with Crippen LogP contribution >= 0.6 is 0 Å². The molecule has 0 heterocycles. The lowest BCUT2D eigenvalue weighted by molar-refractivity contribution is 0.0199. The lowest BCUT2D eigenvalue weighted by Gasteiger charge is -2.28. The molecule has 0 aromatic rings. The molecule has 0 radical (unpaired) electrons. The van der Waals surface area contributed by atoms with Crippen molar-refractivity contribution in [3.8, 4) is 0 Å². The molecule has 0 spiro atoms. The molecule has 0 aromatic heterocycles. The summed E-state index contributed by atoms with van der Waals surface area (Å²) in [7, 11) is 1.62. The summed E-state index contributed by atoms with van der Waals surface area (Å²) in [4.78, 5) is 0. The fourth-order valence-corrected chi connectivity index (χ4v) is 1.42. The molecule has 0 fully saturated rings. The van der Waals surface area contributed by atoms with Crippen molar-refractivity contribution in [2.75, 3.05) is 26.9 Å². The lowest BCUT2D eigenvalue weighted by Crippen LogP contribution is -2.30. The van der Waals surface area contributed by atoms with Crippen LogP contribution in [0.5, 0.6) is 0 Å². The van der Waals surface area contributed by atoms with Gasteiger partial charge in [0.25, 0.3) is 0 Å². The van der Waals surface area contributed by atoms with Crippen LogP contribution < -0.4 is 0 Å². The van der Waals surface area contributed by atoms with E-state index in [1.54, 1.807) is 7.11 Å². The summed E-state index contributed by atoms with van der Waals surface area (Å²) in [6, 6.07) is 0. The van der Waals surface area contributed by atoms with Crippen molar-refractivity contribution < 1.29 is 14.9 Å². The number of hydrogen-bond donors (Lipinski definition) is 2. The smallest absolute Gasteiger partial charge is 0.0538 e. The van der Waals surface area contributed by atoms with Gasteiger partial charge in [-0.1, -0.05) is 13.8 Å². The second-order valence-electron chi connectivity index (χ2n) is 3.89. The number of aliphatic hydroxyl groups is 2. The van der Waals surface area contributed by atoms with Crippen LogP contribution in [0.25, 0.3) is 0 Å². The molecule has 2 N–H and O–H groups in total. The Morgan fingerprint density at radius 1 is 1.42 bits per heavy atom. The van der Waals surface area contributed by atoms with Gasteiger partial charge in [-0.05, 0) is 12.3 Å². The highest BCUT2D eigenvalue weighted by atomic mass is 16.5. The van der Waals surface area contributed by atoms with Crippen molar-refractivity contribution in [2.45, 2.75) is 20.3 Å². The molecule has 3 nitrogen and oxygen atoms in total. The summed E-state index contributed by atoms with van der Waals surface area (Å²) < 4.78 is 5.00. The summed E-state index contributed by atoms with van der Waals surface area (Å²) >= 11 is 0. The number of ether oxygens (including phenoxy) is 1. The van der Waals surface area contributed by atoms with E-state index in [4.69, 9.17) is 14.9 Å². The van der Waals surface area contributed by atoms with Crippen LogP contribution in [0, 0.1) is 11.3 Å². The molecule has 2 atom stereocenters. The molecule has 0 bridgehead atoms. The molecule has 0 amide bonds. The number of aliphatic hydroxyl groups excluding tert-OH is 2. The maximum Gasteiger partial charge on any atom is 0.0538 e. The minimum absolute atomic E-state index is 0.102. The monoisotopic (exact) mass is 176 g/mol. The van der Waals surface area contributed by atoms with E-state index in [1.165, 1.54) is 0 Å². The van der Waals surface area contributed by atoms with Crippen molar-refractivity contribution in [1.82, 2.24) is 0 Å². The Balaban J connectivity index is 3.94. The quantitative estimate of drug-likeness (QED) is 0.624. The van der Waals surface area contributed by atoms with Gasteiger partial charge in [-0.3, -0.25) is 0 Å². The predicted molar refractivity (Wildman–Crippen MR) is 47.9 cm³/mol. The third kappa shape index (κ3) is 4.04. The molecule has 0 aliphatic rings. The van der Waals surface area contributed by atoms with Crippen molar-refractivity contribution in [2.24, 2.45) is 11.3 Å². The maximum atomic E-state index is 9.10. The van der Waals surface area contributed by atoms with E-state index >= 15 is 0 Å². The van der Waals surface area contributed by atoms with Crippen LogP contribution in [-0.4, -0.2) is 37.1 Å². The van der Waals surface area contributed by atoms with Crippen LogP contribution in [0.3, 0.4) is 0 Å². The summed E-state index contributed by atoms with van der Waals surface area (Å²) in [6.07, 6.45) is 0.786. The van der Waals surface area contributed by atoms with Crippen LogP contribution in [0.4, 0.5) is 0 Å². The van der Waals surface area contributed by atoms with Crippen molar-refractivity contribution >= 4 is 0 Å². The second kappa shape index (κ2) is 5.51. The SMILES string of the molecule is COC[C@](C)(CO)C[C@@H](C)CO. The van der Waals surface area contributed by atoms with Crippen LogP contribution in [0.1, 0.15) is 20.3 Å². The molecule has 0 rings (SSSR count). The van der Waals surface area contributed by atoms with Crippen molar-refractivity contribution in [1.29, 1.82) is 0 Å². The molecule has 0 aromatic carbocycles. The fourth-order valence-electron chi connectivity index (χ4n) is 1.42. The third-order valence-electron chi connectivity index (χ3n) is 2.03. The summed E-state index contributed by atoms with van der Waals surface area (Å²) in [5, 5.41) is 17.9. The lowest BCUT2D eigenvalue weighted by atomic mass is 9.83. The molecular weight excluding hydrogens is 156 g/mol. The average molecular weight is 176 g/mol. The number of methoxy groups -OCH3 is 1. The third-order valence-corrected chi connectivity index (χ3v) is 2.03. The Hall–Kier alpha value is -0.120. The first-order valence-electron chi connectivity index (χ1n) is 4.28. The Morgan fingerprint density at radius 3 is 2.33 bits per heavy atom. The number of hydrogen-bond acceptors (Lipinski definition) is 3. The van der Waals surface area contributed by atoms with Gasteiger partial charge in [-0.15, -0.1) is 0 Å². The van der Waals surface area contributed by atoms with Gasteiger partial charge < -0.3 is 14.9 Å². The van der Waals surface area contributed by atoms with E-state index in [9.17, 15) is 0 Å². The minimum Gasteiger partial charge on any atom is -0.396 e. The van der Waals surface area contributed by atoms with Gasteiger partial charge in [-0.25, -0.2) is 0 Å². The molecule has 0 saturated carbocycles. The summed E-state index contributed by atoms with van der Waals surface area (Å²) in [6.45, 7) is 4.73. The zero-order valence-corrected chi connectivity index (χ0v) is 8.21. The first kappa shape index (κ1) is 11.9. The standard InChI is InChI=1S/C9H20O3/c1-8(5-10)4-9(2,6-11)7-12-3/h8,10-11H,4-7H2,1-3H3/t8-,9+/m1/s1. The van der Waals surface area contributed by atoms with E-state index in [1.807, 2.05) is 13.8 Å². The zero-order valence-electron chi connectivity index (χ0n) is 8.21. The topological polar surface area (TPSA) is 49.7 Å². The molecule has 0 aliphatic heterocycles. The van der Waals surface area contributed by atoms with E-state index in [0.717, 1.165) is 6.42 Å². The molecule has 12 heavy (non-hydrogen) atoms. The highest BCUT2D eigenvalue weighted by molar-refractivity contribution is 4.75. The number of rotatable bonds is 6. The summed E-state index contributed by atoms with van der Waals surface area (Å²) in [5.74, 6) is 0.220. The maximum absolute atomic E-state index is 9.10. The van der Waals surface area contributed by atoms with Crippen LogP contribution in [-0.2, 0) is 4.74 Å². The van der Waals surface area contributed by atoms with E-state index < -0.39 is 0 Å². The first-order valence-corrected chi connectivity index (χ1v) is 4.28. The fraction of sp³-hybridized carbons (Fsp3) is 1.00. The van der Waals surface area contributed by atoms with Gasteiger partial charge >= 0.3 is 0 Å². The molecule has 0 saturated heterocycles. The van der Waals surface area contributed by atoms with Crippen molar-refractivity contribution in [3.63, 3.8) is 0 Å². The van der Waals surface area contributed by atoms with Crippen molar-refractivity contribution in [3.05, 3.63) is 0 Å². The predicted octanol–water partition coefficient (Wildman–Crippen LogP) is 0.650. The largest absolute Gasteiger partial charge is 0.396 e. The zero-order chi connectivity index (χ0) is 9.61. The van der Waals surface area contributed by atoms with Gasteiger partial charge in [0.05, 0.1) is 13.2 Å². The minimum atomic E-state index is -0.211.